The number of aromatic nitrogens is 1. The summed E-state index contributed by atoms with van der Waals surface area (Å²) in [5.74, 6) is -0.410. The van der Waals surface area contributed by atoms with Crippen LogP contribution in [-0.4, -0.2) is 22.0 Å². The van der Waals surface area contributed by atoms with E-state index in [9.17, 15) is 9.59 Å². The maximum atomic E-state index is 12.4. The van der Waals surface area contributed by atoms with Crippen molar-refractivity contribution in [1.82, 2.24) is 4.98 Å². The number of amides is 2. The zero-order valence-electron chi connectivity index (χ0n) is 13.9. The van der Waals surface area contributed by atoms with Gasteiger partial charge in [-0.2, -0.15) is 0 Å². The average molecular weight is 416 g/mol. The van der Waals surface area contributed by atoms with Gasteiger partial charge in [0, 0.05) is 27.3 Å². The van der Waals surface area contributed by atoms with Crippen molar-refractivity contribution < 1.29 is 9.59 Å². The highest BCUT2D eigenvalue weighted by Gasteiger charge is 2.29. The van der Waals surface area contributed by atoms with E-state index >= 15 is 0 Å². The summed E-state index contributed by atoms with van der Waals surface area (Å²) >= 11 is 8.91. The van der Waals surface area contributed by atoms with Crippen LogP contribution in [0.15, 0.2) is 58.8 Å². The Morgan fingerprint density at radius 2 is 1.96 bits per heavy atom. The van der Waals surface area contributed by atoms with Crippen molar-refractivity contribution in [1.29, 1.82) is 0 Å². The van der Waals surface area contributed by atoms with Crippen LogP contribution >= 0.6 is 34.7 Å². The zero-order valence-corrected chi connectivity index (χ0v) is 16.3. The number of fused-ring (bicyclic) bond motifs is 1. The number of carbonyl (C=O) groups excluding carboxylic acids is 2. The van der Waals surface area contributed by atoms with E-state index < -0.39 is 5.25 Å². The van der Waals surface area contributed by atoms with Crippen molar-refractivity contribution >= 4 is 57.3 Å². The second kappa shape index (κ2) is 7.72. The Kier molecular flexibility index (Phi) is 5.15. The topological polar surface area (TPSA) is 71.1 Å². The molecule has 1 aromatic heterocycles. The minimum atomic E-state index is -0.470. The van der Waals surface area contributed by atoms with Gasteiger partial charge in [-0.05, 0) is 18.2 Å². The van der Waals surface area contributed by atoms with Crippen molar-refractivity contribution in [3.63, 3.8) is 0 Å². The van der Waals surface area contributed by atoms with E-state index in [2.05, 4.69) is 15.6 Å². The fraction of sp³-hybridized carbons (Fsp3) is 0.105. The first kappa shape index (κ1) is 18.0. The number of thiazole rings is 1. The summed E-state index contributed by atoms with van der Waals surface area (Å²) in [7, 11) is 0. The number of nitrogens with zero attached hydrogens (tertiary/aromatic N) is 1. The van der Waals surface area contributed by atoms with Crippen LogP contribution < -0.4 is 10.6 Å². The molecule has 2 N–H and O–H groups in total. The minimum Gasteiger partial charge on any atom is -0.324 e. The molecular weight excluding hydrogens is 402 g/mol. The van der Waals surface area contributed by atoms with E-state index in [1.165, 1.54) is 23.1 Å². The van der Waals surface area contributed by atoms with Crippen LogP contribution in [0.1, 0.15) is 6.42 Å². The third-order valence-electron chi connectivity index (χ3n) is 3.98. The molecule has 4 rings (SSSR count). The first-order valence-corrected chi connectivity index (χ1v) is 10.3. The summed E-state index contributed by atoms with van der Waals surface area (Å²) in [6, 6.07) is 15.0. The average Bonchev–Trinajstić information content (AvgIpc) is 3.10. The Labute approximate surface area is 169 Å². The maximum Gasteiger partial charge on any atom is 0.238 e. The highest BCUT2D eigenvalue weighted by atomic mass is 35.5. The Hall–Kier alpha value is -2.35. The van der Waals surface area contributed by atoms with Gasteiger partial charge in [0.05, 0.1) is 16.6 Å². The SMILES string of the molecule is O=C(CC1Sc2ccccc2NC1=O)Nc1nc(-c2ccccc2Cl)cs1. The fourth-order valence-corrected chi connectivity index (χ4v) is 4.76. The molecule has 2 heterocycles. The maximum absolute atomic E-state index is 12.4. The van der Waals surface area contributed by atoms with Crippen LogP contribution in [0.4, 0.5) is 10.8 Å². The molecule has 2 amide bonds. The van der Waals surface area contributed by atoms with Crippen molar-refractivity contribution in [3.8, 4) is 11.3 Å². The Bertz CT molecular complexity index is 1020. The van der Waals surface area contributed by atoms with E-state index in [1.54, 1.807) is 6.07 Å². The minimum absolute atomic E-state index is 0.0752. The molecule has 0 bridgehead atoms. The molecule has 8 heteroatoms. The van der Waals surface area contributed by atoms with Gasteiger partial charge >= 0.3 is 0 Å². The van der Waals surface area contributed by atoms with Gasteiger partial charge in [0.15, 0.2) is 5.13 Å². The predicted molar refractivity (Wildman–Crippen MR) is 111 cm³/mol. The zero-order chi connectivity index (χ0) is 18.8. The van der Waals surface area contributed by atoms with E-state index in [4.69, 9.17) is 11.6 Å². The van der Waals surface area contributed by atoms with Crippen molar-refractivity contribution in [2.75, 3.05) is 10.6 Å². The smallest absolute Gasteiger partial charge is 0.238 e. The van der Waals surface area contributed by atoms with Gasteiger partial charge in [0.1, 0.15) is 0 Å². The molecule has 1 aliphatic heterocycles. The molecule has 27 heavy (non-hydrogen) atoms. The van der Waals surface area contributed by atoms with Gasteiger partial charge in [-0.25, -0.2) is 4.98 Å². The molecule has 2 aromatic carbocycles. The van der Waals surface area contributed by atoms with Crippen molar-refractivity contribution in [2.45, 2.75) is 16.6 Å². The van der Waals surface area contributed by atoms with Crippen molar-refractivity contribution in [3.05, 3.63) is 58.9 Å². The standard InChI is InChI=1S/C19H14ClN3O2S2/c20-12-6-2-1-5-11(12)14-10-26-19(22-14)23-17(24)9-16-18(25)21-13-7-3-4-8-15(13)27-16/h1-8,10,16H,9H2,(H,21,25)(H,22,23,24). The molecule has 1 aliphatic rings. The predicted octanol–water partition coefficient (Wildman–Crippen LogP) is 4.91. The number of hydrogen-bond acceptors (Lipinski definition) is 5. The number of para-hydroxylation sites is 1. The number of hydrogen-bond donors (Lipinski definition) is 2. The van der Waals surface area contributed by atoms with E-state index in [0.717, 1.165) is 16.1 Å². The monoisotopic (exact) mass is 415 g/mol. The summed E-state index contributed by atoms with van der Waals surface area (Å²) in [6.07, 6.45) is 0.0752. The summed E-state index contributed by atoms with van der Waals surface area (Å²) in [4.78, 5) is 30.0. The van der Waals surface area contributed by atoms with Crippen LogP contribution in [0.3, 0.4) is 0 Å². The third kappa shape index (κ3) is 4.00. The van der Waals surface area contributed by atoms with E-state index in [0.29, 0.717) is 15.8 Å². The van der Waals surface area contributed by atoms with Gasteiger partial charge in [-0.15, -0.1) is 23.1 Å². The highest BCUT2D eigenvalue weighted by Crippen LogP contribution is 2.37. The summed E-state index contributed by atoms with van der Waals surface area (Å²) in [6.45, 7) is 0. The number of benzene rings is 2. The van der Waals surface area contributed by atoms with Crippen LogP contribution in [-0.2, 0) is 9.59 Å². The molecule has 136 valence electrons. The number of halogens is 1. The number of rotatable bonds is 4. The lowest BCUT2D eigenvalue weighted by Gasteiger charge is -2.23. The molecule has 0 aliphatic carbocycles. The van der Waals surface area contributed by atoms with Crippen LogP contribution in [0, 0.1) is 0 Å². The Balaban J connectivity index is 1.42. The number of carbonyl (C=O) groups is 2. The van der Waals surface area contributed by atoms with Crippen LogP contribution in [0.25, 0.3) is 11.3 Å². The van der Waals surface area contributed by atoms with Gasteiger partial charge in [-0.1, -0.05) is 41.9 Å². The Morgan fingerprint density at radius 1 is 1.19 bits per heavy atom. The van der Waals surface area contributed by atoms with Crippen LogP contribution in [0.2, 0.25) is 5.02 Å². The molecule has 1 unspecified atom stereocenters. The number of anilines is 2. The number of nitrogens with one attached hydrogen (secondary N) is 2. The molecule has 0 fully saturated rings. The lowest BCUT2D eigenvalue weighted by Crippen LogP contribution is -2.32. The first-order valence-electron chi connectivity index (χ1n) is 8.17. The molecule has 3 aromatic rings. The molecule has 1 atom stereocenters. The third-order valence-corrected chi connectivity index (χ3v) is 6.34. The summed E-state index contributed by atoms with van der Waals surface area (Å²) in [5.41, 5.74) is 2.31. The molecule has 5 nitrogen and oxygen atoms in total. The van der Waals surface area contributed by atoms with Crippen LogP contribution in [0.5, 0.6) is 0 Å². The molecule has 0 saturated heterocycles. The normalized spacial score (nSPS) is 15.7. The molecule has 0 saturated carbocycles. The van der Waals surface area contributed by atoms with Gasteiger partial charge in [0.25, 0.3) is 0 Å². The van der Waals surface area contributed by atoms with Gasteiger partial charge in [-0.3, -0.25) is 9.59 Å². The summed E-state index contributed by atoms with van der Waals surface area (Å²) < 4.78 is 0. The van der Waals surface area contributed by atoms with Gasteiger partial charge < -0.3 is 10.6 Å². The van der Waals surface area contributed by atoms with Crippen molar-refractivity contribution in [2.24, 2.45) is 0 Å². The fourth-order valence-electron chi connectivity index (χ4n) is 2.69. The first-order chi connectivity index (χ1) is 13.1. The van der Waals surface area contributed by atoms with Gasteiger partial charge in [0.2, 0.25) is 11.8 Å². The quantitative estimate of drug-likeness (QED) is 0.635. The van der Waals surface area contributed by atoms with E-state index in [-0.39, 0.29) is 18.2 Å². The number of thioether (sulfide) groups is 1. The summed E-state index contributed by atoms with van der Waals surface area (Å²) in [5, 5.41) is 8.08. The lowest BCUT2D eigenvalue weighted by molar-refractivity contribution is -0.120. The second-order valence-corrected chi connectivity index (χ2v) is 8.37. The van der Waals surface area contributed by atoms with E-state index in [1.807, 2.05) is 47.8 Å². The lowest BCUT2D eigenvalue weighted by atomic mass is 10.2. The molecular formula is C19H14ClN3O2S2. The highest BCUT2D eigenvalue weighted by molar-refractivity contribution is 8.01. The molecule has 0 spiro atoms. The second-order valence-electron chi connectivity index (χ2n) is 5.86. The molecule has 0 radical (unpaired) electrons. The largest absolute Gasteiger partial charge is 0.324 e. The Morgan fingerprint density at radius 3 is 2.81 bits per heavy atom.